The van der Waals surface area contributed by atoms with Gasteiger partial charge in [-0.05, 0) is 29.5 Å². The average molecular weight is 478 g/mol. The van der Waals surface area contributed by atoms with E-state index in [0.717, 1.165) is 28.8 Å². The molecule has 4 aromatic rings. The van der Waals surface area contributed by atoms with Gasteiger partial charge in [0, 0.05) is 19.7 Å². The number of primary amides is 1. The largest absolute Gasteiger partial charge is 0.477 e. The van der Waals surface area contributed by atoms with Gasteiger partial charge in [0.15, 0.2) is 17.0 Å². The molecule has 0 fully saturated rings. The predicted octanol–water partition coefficient (Wildman–Crippen LogP) is 0.0829. The summed E-state index contributed by atoms with van der Waals surface area (Å²) in [5.41, 5.74) is 6.71. The monoisotopic (exact) mass is 477 g/mol. The third-order valence-electron chi connectivity index (χ3n) is 4.27. The van der Waals surface area contributed by atoms with Crippen LogP contribution in [-0.4, -0.2) is 54.2 Å². The summed E-state index contributed by atoms with van der Waals surface area (Å²) in [6.45, 7) is 0.552. The van der Waals surface area contributed by atoms with E-state index >= 15 is 0 Å². The van der Waals surface area contributed by atoms with Crippen LogP contribution in [0, 0.1) is 0 Å². The number of carbonyl (C=O) groups excluding carboxylic acids is 2. The van der Waals surface area contributed by atoms with Gasteiger partial charge in [0.1, 0.15) is 0 Å². The highest BCUT2D eigenvalue weighted by atomic mass is 35.5. The van der Waals surface area contributed by atoms with Gasteiger partial charge in [0.05, 0.1) is 12.6 Å². The number of carboxylic acids is 1. The Balaban J connectivity index is 0.000000194. The van der Waals surface area contributed by atoms with Crippen molar-refractivity contribution in [2.45, 2.75) is 6.54 Å². The number of aromatic carboxylic acids is 1. The highest BCUT2D eigenvalue weighted by molar-refractivity contribution is 6.13. The molecular weight excluding hydrogens is 462 g/mol. The Hall–Kier alpha value is -4.30. The van der Waals surface area contributed by atoms with Crippen LogP contribution in [0.15, 0.2) is 33.5 Å². The minimum atomic E-state index is -1.36. The molecule has 0 spiro atoms. The number of nitrogens with one attached hydrogen (secondary N) is 1. The summed E-state index contributed by atoms with van der Waals surface area (Å²) >= 11 is 5.39. The molecule has 3 heterocycles. The number of benzene rings is 1. The first-order valence-electron chi connectivity index (χ1n) is 8.97. The Bertz CT molecular complexity index is 1440. The summed E-state index contributed by atoms with van der Waals surface area (Å²) < 4.78 is 11.8. The third kappa shape index (κ3) is 4.81. The zero-order valence-corrected chi connectivity index (χ0v) is 17.9. The van der Waals surface area contributed by atoms with Gasteiger partial charge < -0.3 is 20.0 Å². The number of esters is 1. The number of nitrogens with two attached hydrogens (primary N) is 1. The summed E-state index contributed by atoms with van der Waals surface area (Å²) in [7, 11) is 2.78. The van der Waals surface area contributed by atoms with E-state index in [4.69, 9.17) is 27.0 Å². The lowest BCUT2D eigenvalue weighted by Crippen LogP contribution is -2.15. The van der Waals surface area contributed by atoms with Crippen LogP contribution in [0.5, 0.6) is 0 Å². The standard InChI is InChI=1S/C9H9ClN2O2.C9H7N5O5/c1-12-7-4-6(5-11-10)2-3-8(7)14-9(12)13;1-19-8(18)4-2-3(7(16)17)11-9-12-6(5(10)15)13-14(4)9/h2-4,11H,5H2,1H3;2H,1H3,(H2,10,15)(H,16,17). The number of carbonyl (C=O) groups is 3. The number of oxazole rings is 1. The fraction of sp³-hybridized carbons (Fsp3) is 0.167. The number of fused-ring (bicyclic) bond motifs is 2. The molecule has 4 N–H and O–H groups in total. The van der Waals surface area contributed by atoms with Crippen molar-refractivity contribution in [3.05, 3.63) is 57.6 Å². The number of amides is 1. The SMILES string of the molecule is COC(=O)c1cc(C(=O)O)nc2nc(C(N)=O)nn12.Cn1c(=O)oc2ccc(CNCl)cc21. The Morgan fingerprint density at radius 2 is 2.00 bits per heavy atom. The lowest BCUT2D eigenvalue weighted by molar-refractivity contribution is 0.0590. The molecule has 4 rings (SSSR count). The second-order valence-electron chi connectivity index (χ2n) is 6.37. The zero-order valence-electron chi connectivity index (χ0n) is 17.1. The van der Waals surface area contributed by atoms with Crippen LogP contribution in [0.2, 0.25) is 0 Å². The van der Waals surface area contributed by atoms with Crippen LogP contribution in [0.3, 0.4) is 0 Å². The Kier molecular flexibility index (Phi) is 6.69. The number of halogens is 1. The molecule has 14 nitrogen and oxygen atoms in total. The average Bonchev–Trinajstić information content (AvgIpc) is 3.34. The minimum absolute atomic E-state index is 0.232. The second kappa shape index (κ2) is 9.46. The number of methoxy groups -OCH3 is 1. The van der Waals surface area contributed by atoms with E-state index in [1.807, 2.05) is 12.1 Å². The zero-order chi connectivity index (χ0) is 24.3. The van der Waals surface area contributed by atoms with Gasteiger partial charge in [-0.2, -0.15) is 9.50 Å². The molecule has 33 heavy (non-hydrogen) atoms. The first-order chi connectivity index (χ1) is 15.7. The topological polar surface area (TPSA) is 197 Å². The smallest absolute Gasteiger partial charge is 0.419 e. The summed E-state index contributed by atoms with van der Waals surface area (Å²) in [5.74, 6) is -4.13. The van der Waals surface area contributed by atoms with E-state index < -0.39 is 23.5 Å². The van der Waals surface area contributed by atoms with Crippen LogP contribution in [0.4, 0.5) is 0 Å². The summed E-state index contributed by atoms with van der Waals surface area (Å²) in [4.78, 5) is 54.3. The van der Waals surface area contributed by atoms with Crippen molar-refractivity contribution in [1.29, 1.82) is 0 Å². The molecule has 1 aromatic carbocycles. The minimum Gasteiger partial charge on any atom is -0.477 e. The van der Waals surface area contributed by atoms with Crippen molar-refractivity contribution in [2.75, 3.05) is 7.11 Å². The molecule has 0 aliphatic rings. The molecule has 0 saturated carbocycles. The molecule has 172 valence electrons. The molecule has 0 bridgehead atoms. The molecule has 15 heteroatoms. The van der Waals surface area contributed by atoms with Gasteiger partial charge >= 0.3 is 17.7 Å². The van der Waals surface area contributed by atoms with Crippen molar-refractivity contribution in [3.8, 4) is 0 Å². The lowest BCUT2D eigenvalue weighted by atomic mass is 10.2. The maximum atomic E-state index is 11.5. The van der Waals surface area contributed by atoms with Crippen LogP contribution in [0.1, 0.15) is 37.2 Å². The van der Waals surface area contributed by atoms with Gasteiger partial charge in [0.2, 0.25) is 5.82 Å². The van der Waals surface area contributed by atoms with Gasteiger partial charge in [-0.1, -0.05) is 6.07 Å². The van der Waals surface area contributed by atoms with Crippen molar-refractivity contribution in [2.24, 2.45) is 12.8 Å². The molecular formula is C18H16ClN7O7. The number of carboxylic acid groups (broad SMARTS) is 1. The molecule has 0 atom stereocenters. The van der Waals surface area contributed by atoms with Gasteiger partial charge in [0.25, 0.3) is 11.7 Å². The highest BCUT2D eigenvalue weighted by Crippen LogP contribution is 2.14. The first-order valence-corrected chi connectivity index (χ1v) is 9.35. The fourth-order valence-corrected chi connectivity index (χ4v) is 2.85. The second-order valence-corrected chi connectivity index (χ2v) is 6.64. The van der Waals surface area contributed by atoms with Crippen LogP contribution in [-0.2, 0) is 18.3 Å². The van der Waals surface area contributed by atoms with Crippen LogP contribution in [0.25, 0.3) is 16.9 Å². The molecule has 0 radical (unpaired) electrons. The van der Waals surface area contributed by atoms with Gasteiger partial charge in [-0.25, -0.2) is 24.2 Å². The molecule has 3 aromatic heterocycles. The number of hydrogen-bond donors (Lipinski definition) is 3. The summed E-state index contributed by atoms with van der Waals surface area (Å²) in [5, 5.41) is 12.5. The number of aryl methyl sites for hydroxylation is 1. The van der Waals surface area contributed by atoms with Crippen molar-refractivity contribution < 1.29 is 28.6 Å². The quantitative estimate of drug-likeness (QED) is 0.260. The molecule has 0 aliphatic heterocycles. The van der Waals surface area contributed by atoms with E-state index in [-0.39, 0.29) is 23.1 Å². The summed E-state index contributed by atoms with van der Waals surface area (Å²) in [6, 6.07) is 6.46. The number of rotatable bonds is 5. The number of aromatic nitrogens is 5. The lowest BCUT2D eigenvalue weighted by Gasteiger charge is -2.02. The van der Waals surface area contributed by atoms with E-state index in [2.05, 4.69) is 24.6 Å². The van der Waals surface area contributed by atoms with Crippen molar-refractivity contribution in [3.63, 3.8) is 0 Å². The fourth-order valence-electron chi connectivity index (χ4n) is 2.69. The van der Waals surface area contributed by atoms with Gasteiger partial charge in [-0.15, -0.1) is 5.10 Å². The molecule has 0 aliphatic carbocycles. The highest BCUT2D eigenvalue weighted by Gasteiger charge is 2.21. The molecule has 1 amide bonds. The van der Waals surface area contributed by atoms with E-state index in [1.165, 1.54) is 4.57 Å². The number of hydrogen-bond acceptors (Lipinski definition) is 10. The Labute approximate surface area is 188 Å². The maximum absolute atomic E-state index is 11.5. The maximum Gasteiger partial charge on any atom is 0.419 e. The Morgan fingerprint density at radius 1 is 1.27 bits per heavy atom. The van der Waals surface area contributed by atoms with E-state index in [0.29, 0.717) is 12.1 Å². The van der Waals surface area contributed by atoms with Crippen LogP contribution >= 0.6 is 11.8 Å². The number of nitrogens with zero attached hydrogens (tertiary/aromatic N) is 5. The Morgan fingerprint density at radius 3 is 2.61 bits per heavy atom. The van der Waals surface area contributed by atoms with Crippen LogP contribution < -0.4 is 16.3 Å². The van der Waals surface area contributed by atoms with E-state index in [9.17, 15) is 19.2 Å². The molecule has 0 unspecified atom stereocenters. The van der Waals surface area contributed by atoms with Crippen molar-refractivity contribution >= 4 is 46.5 Å². The predicted molar refractivity (Wildman–Crippen MR) is 112 cm³/mol. The number of ether oxygens (including phenoxy) is 1. The van der Waals surface area contributed by atoms with Gasteiger partial charge in [-0.3, -0.25) is 9.36 Å². The first kappa shape index (κ1) is 23.4. The van der Waals surface area contributed by atoms with Crippen molar-refractivity contribution in [1.82, 2.24) is 29.0 Å². The normalized spacial score (nSPS) is 10.6. The van der Waals surface area contributed by atoms with E-state index in [1.54, 1.807) is 13.1 Å². The third-order valence-corrected chi connectivity index (χ3v) is 4.41. The molecule has 0 saturated heterocycles. The summed E-state index contributed by atoms with van der Waals surface area (Å²) in [6.07, 6.45) is 0.